The van der Waals surface area contributed by atoms with Crippen molar-refractivity contribution in [2.45, 2.75) is 45.7 Å². The van der Waals surface area contributed by atoms with Crippen LogP contribution in [-0.2, 0) is 4.79 Å². The Morgan fingerprint density at radius 2 is 1.54 bits per heavy atom. The Labute approximate surface area is 158 Å². The summed E-state index contributed by atoms with van der Waals surface area (Å²) in [5.74, 6) is -0.689. The molecule has 5 nitrogen and oxygen atoms in total. The van der Waals surface area contributed by atoms with Gasteiger partial charge in [-0.15, -0.1) is 0 Å². The second kappa shape index (κ2) is 8.32. The Balaban J connectivity index is 2.57. The summed E-state index contributed by atoms with van der Waals surface area (Å²) in [7, 11) is 0. The zero-order valence-electron chi connectivity index (χ0n) is 15.3. The van der Waals surface area contributed by atoms with Gasteiger partial charge in [-0.05, 0) is 44.9 Å². The number of rotatable bonds is 6. The van der Waals surface area contributed by atoms with Crippen LogP contribution in [0.2, 0.25) is 5.02 Å². The molecule has 2 aromatic carbocycles. The molecule has 0 heterocycles. The number of halogens is 1. The quantitative estimate of drug-likeness (QED) is 0.526. The van der Waals surface area contributed by atoms with E-state index >= 15 is 0 Å². The van der Waals surface area contributed by atoms with Gasteiger partial charge in [0.25, 0.3) is 5.69 Å². The third-order valence-corrected chi connectivity index (χ3v) is 4.61. The lowest BCUT2D eigenvalue weighted by Gasteiger charge is -2.34. The molecule has 1 atom stereocenters. The fraction of sp³-hybridized carbons (Fsp3) is 0.350. The average molecular weight is 375 g/mol. The standard InChI is InChI=1S/C20H23ClN2O3/c1-13(2)22(14(3)4)20(24)19(17-7-5-6-8-18(17)21)15-9-11-16(12-10-15)23(25)26/h5-14,19H,1-4H3. The molecule has 0 aromatic heterocycles. The van der Waals surface area contributed by atoms with Crippen LogP contribution in [0.4, 0.5) is 5.69 Å². The molecular formula is C20H23ClN2O3. The smallest absolute Gasteiger partial charge is 0.269 e. The summed E-state index contributed by atoms with van der Waals surface area (Å²) < 4.78 is 0. The van der Waals surface area contributed by atoms with E-state index in [2.05, 4.69) is 0 Å². The van der Waals surface area contributed by atoms with Crippen molar-refractivity contribution < 1.29 is 9.72 Å². The summed E-state index contributed by atoms with van der Waals surface area (Å²) >= 11 is 6.38. The lowest BCUT2D eigenvalue weighted by Crippen LogP contribution is -2.44. The molecule has 2 aromatic rings. The molecule has 0 radical (unpaired) electrons. The normalized spacial score (nSPS) is 12.3. The third-order valence-electron chi connectivity index (χ3n) is 4.27. The van der Waals surface area contributed by atoms with Gasteiger partial charge >= 0.3 is 0 Å². The number of nitrogens with zero attached hydrogens (tertiary/aromatic N) is 2. The molecule has 1 unspecified atom stereocenters. The van der Waals surface area contributed by atoms with Crippen LogP contribution in [0.5, 0.6) is 0 Å². The van der Waals surface area contributed by atoms with Crippen LogP contribution in [0.1, 0.15) is 44.7 Å². The minimum Gasteiger partial charge on any atom is -0.337 e. The van der Waals surface area contributed by atoms with Crippen LogP contribution < -0.4 is 0 Å². The van der Waals surface area contributed by atoms with Crippen molar-refractivity contribution in [3.8, 4) is 0 Å². The number of nitro benzene ring substituents is 1. The van der Waals surface area contributed by atoms with Gasteiger partial charge in [0.05, 0.1) is 10.8 Å². The summed E-state index contributed by atoms with van der Waals surface area (Å²) in [4.78, 5) is 25.7. The van der Waals surface area contributed by atoms with Crippen LogP contribution in [0, 0.1) is 10.1 Å². The molecule has 0 bridgehead atoms. The molecule has 6 heteroatoms. The molecule has 0 fully saturated rings. The molecule has 0 saturated carbocycles. The lowest BCUT2D eigenvalue weighted by molar-refractivity contribution is -0.384. The number of non-ortho nitro benzene ring substituents is 1. The number of benzene rings is 2. The number of carbonyl (C=O) groups is 1. The molecular weight excluding hydrogens is 352 g/mol. The van der Waals surface area contributed by atoms with Gasteiger partial charge in [-0.3, -0.25) is 14.9 Å². The highest BCUT2D eigenvalue weighted by atomic mass is 35.5. The lowest BCUT2D eigenvalue weighted by atomic mass is 9.89. The second-order valence-electron chi connectivity index (χ2n) is 6.74. The van der Waals surface area contributed by atoms with Crippen LogP contribution in [-0.4, -0.2) is 27.8 Å². The Kier molecular flexibility index (Phi) is 6.37. The van der Waals surface area contributed by atoms with E-state index in [1.807, 2.05) is 50.8 Å². The fourth-order valence-electron chi connectivity index (χ4n) is 3.21. The van der Waals surface area contributed by atoms with E-state index in [0.29, 0.717) is 16.1 Å². The van der Waals surface area contributed by atoms with Gasteiger partial charge in [0.2, 0.25) is 5.91 Å². The number of carbonyl (C=O) groups excluding carboxylic acids is 1. The Morgan fingerprint density at radius 3 is 2.00 bits per heavy atom. The minimum absolute atomic E-state index is 0.0105. The van der Waals surface area contributed by atoms with E-state index in [4.69, 9.17) is 11.6 Å². The molecule has 0 saturated heterocycles. The number of nitro groups is 1. The van der Waals surface area contributed by atoms with Crippen molar-refractivity contribution in [2.75, 3.05) is 0 Å². The van der Waals surface area contributed by atoms with Crippen molar-refractivity contribution in [1.29, 1.82) is 0 Å². The summed E-state index contributed by atoms with van der Waals surface area (Å²) in [5.41, 5.74) is 1.36. The molecule has 0 aliphatic heterocycles. The van der Waals surface area contributed by atoms with Gasteiger partial charge in [-0.2, -0.15) is 0 Å². The fourth-order valence-corrected chi connectivity index (χ4v) is 3.45. The summed E-state index contributed by atoms with van der Waals surface area (Å²) in [6, 6.07) is 13.3. The highest BCUT2D eigenvalue weighted by Gasteiger charge is 2.32. The maximum absolute atomic E-state index is 13.4. The van der Waals surface area contributed by atoms with E-state index in [1.54, 1.807) is 18.2 Å². The molecule has 26 heavy (non-hydrogen) atoms. The first-order valence-corrected chi connectivity index (χ1v) is 8.92. The van der Waals surface area contributed by atoms with Crippen LogP contribution >= 0.6 is 11.6 Å². The maximum atomic E-state index is 13.4. The molecule has 0 aliphatic carbocycles. The second-order valence-corrected chi connectivity index (χ2v) is 7.14. The first-order valence-electron chi connectivity index (χ1n) is 8.55. The van der Waals surface area contributed by atoms with Crippen molar-refractivity contribution >= 4 is 23.2 Å². The maximum Gasteiger partial charge on any atom is 0.269 e. The molecule has 2 rings (SSSR count). The predicted octanol–water partition coefficient (Wildman–Crippen LogP) is 5.03. The highest BCUT2D eigenvalue weighted by molar-refractivity contribution is 6.31. The first kappa shape index (κ1) is 19.9. The molecule has 1 amide bonds. The predicted molar refractivity (Wildman–Crippen MR) is 104 cm³/mol. The largest absolute Gasteiger partial charge is 0.337 e. The average Bonchev–Trinajstić information content (AvgIpc) is 2.56. The molecule has 0 N–H and O–H groups in total. The number of hydrogen-bond acceptors (Lipinski definition) is 3. The van der Waals surface area contributed by atoms with Crippen LogP contribution in [0.25, 0.3) is 0 Å². The van der Waals surface area contributed by atoms with Crippen molar-refractivity contribution in [2.24, 2.45) is 0 Å². The van der Waals surface area contributed by atoms with E-state index in [-0.39, 0.29) is 23.7 Å². The first-order chi connectivity index (χ1) is 12.2. The van der Waals surface area contributed by atoms with Crippen molar-refractivity contribution in [3.63, 3.8) is 0 Å². The third kappa shape index (κ3) is 4.22. The van der Waals surface area contributed by atoms with E-state index in [1.165, 1.54) is 12.1 Å². The van der Waals surface area contributed by atoms with Gasteiger partial charge in [0.15, 0.2) is 0 Å². The van der Waals surface area contributed by atoms with E-state index in [0.717, 1.165) is 0 Å². The van der Waals surface area contributed by atoms with Crippen LogP contribution in [0.15, 0.2) is 48.5 Å². The zero-order valence-corrected chi connectivity index (χ0v) is 16.1. The molecule has 138 valence electrons. The van der Waals surface area contributed by atoms with Gasteiger partial charge in [-0.25, -0.2) is 0 Å². The van der Waals surface area contributed by atoms with Crippen LogP contribution in [0.3, 0.4) is 0 Å². The van der Waals surface area contributed by atoms with Crippen molar-refractivity contribution in [1.82, 2.24) is 4.90 Å². The van der Waals surface area contributed by atoms with Crippen molar-refractivity contribution in [3.05, 3.63) is 74.8 Å². The highest BCUT2D eigenvalue weighted by Crippen LogP contribution is 2.33. The van der Waals surface area contributed by atoms with Gasteiger partial charge < -0.3 is 4.90 Å². The number of hydrogen-bond donors (Lipinski definition) is 0. The Bertz CT molecular complexity index is 780. The topological polar surface area (TPSA) is 63.5 Å². The molecule has 0 aliphatic rings. The molecule has 0 spiro atoms. The monoisotopic (exact) mass is 374 g/mol. The minimum atomic E-state index is -0.616. The SMILES string of the molecule is CC(C)N(C(=O)C(c1ccc([N+](=O)[O-])cc1)c1ccccc1Cl)C(C)C. The summed E-state index contributed by atoms with van der Waals surface area (Å²) in [5, 5.41) is 11.4. The van der Waals surface area contributed by atoms with E-state index < -0.39 is 10.8 Å². The summed E-state index contributed by atoms with van der Waals surface area (Å²) in [6.07, 6.45) is 0. The van der Waals surface area contributed by atoms with Gasteiger partial charge in [0, 0.05) is 29.2 Å². The Hall–Kier alpha value is -2.40. The summed E-state index contributed by atoms with van der Waals surface area (Å²) in [6.45, 7) is 7.88. The van der Waals surface area contributed by atoms with Gasteiger partial charge in [0.1, 0.15) is 0 Å². The van der Waals surface area contributed by atoms with Gasteiger partial charge in [-0.1, -0.05) is 41.9 Å². The number of amides is 1. The van der Waals surface area contributed by atoms with E-state index in [9.17, 15) is 14.9 Å². The zero-order chi connectivity index (χ0) is 19.4. The Morgan fingerprint density at radius 1 is 1.00 bits per heavy atom.